The van der Waals surface area contributed by atoms with Crippen LogP contribution in [0.25, 0.3) is 0 Å². The Kier molecular flexibility index (Phi) is 9.19. The van der Waals surface area contributed by atoms with Crippen molar-refractivity contribution in [1.82, 2.24) is 20.2 Å². The maximum absolute atomic E-state index is 5.41. The fraction of sp³-hybridized carbons (Fsp3) is 0.560. The Morgan fingerprint density at radius 2 is 1.63 bits per heavy atom. The molecular formula is C25H38N8OS. The highest BCUT2D eigenvalue weighted by Gasteiger charge is 2.20. The average molecular weight is 499 g/mol. The highest BCUT2D eigenvalue weighted by atomic mass is 32.1. The van der Waals surface area contributed by atoms with Crippen molar-refractivity contribution in [1.29, 1.82) is 0 Å². The molecule has 9 nitrogen and oxygen atoms in total. The summed E-state index contributed by atoms with van der Waals surface area (Å²) in [5.41, 5.74) is 0.937. The molecule has 0 aliphatic carbocycles. The van der Waals surface area contributed by atoms with Crippen LogP contribution < -0.4 is 30.5 Å². The molecule has 3 N–H and O–H groups in total. The number of hydrogen-bond donors (Lipinski definition) is 3. The molecule has 2 aliphatic rings. The van der Waals surface area contributed by atoms with Gasteiger partial charge >= 0.3 is 0 Å². The summed E-state index contributed by atoms with van der Waals surface area (Å²) in [4.78, 5) is 16.7. The van der Waals surface area contributed by atoms with E-state index in [2.05, 4.69) is 43.8 Å². The summed E-state index contributed by atoms with van der Waals surface area (Å²) in [5.74, 6) is 3.66. The first-order valence-electron chi connectivity index (χ1n) is 12.6. The maximum Gasteiger partial charge on any atom is 0.229 e. The average Bonchev–Trinajstić information content (AvgIpc) is 3.59. The van der Waals surface area contributed by atoms with Gasteiger partial charge in [-0.2, -0.15) is 9.97 Å². The predicted molar refractivity (Wildman–Crippen MR) is 148 cm³/mol. The summed E-state index contributed by atoms with van der Waals surface area (Å²) in [5, 5.41) is 10.6. The third-order valence-corrected chi connectivity index (χ3v) is 6.69. The largest absolute Gasteiger partial charge is 0.497 e. The zero-order chi connectivity index (χ0) is 24.5. The van der Waals surface area contributed by atoms with E-state index in [1.54, 1.807) is 7.11 Å². The summed E-state index contributed by atoms with van der Waals surface area (Å²) in [6, 6.07) is 9.82. The van der Waals surface area contributed by atoms with E-state index in [-0.39, 0.29) is 0 Å². The first-order valence-corrected chi connectivity index (χ1v) is 13.0. The summed E-state index contributed by atoms with van der Waals surface area (Å²) in [6.07, 6.45) is 4.92. The molecule has 0 spiro atoms. The van der Waals surface area contributed by atoms with E-state index in [4.69, 9.17) is 26.9 Å². The summed E-state index contributed by atoms with van der Waals surface area (Å²) >= 11 is 5.41. The van der Waals surface area contributed by atoms with Crippen LogP contribution in [-0.4, -0.2) is 86.5 Å². The first kappa shape index (κ1) is 25.2. The molecule has 3 heterocycles. The monoisotopic (exact) mass is 498 g/mol. The van der Waals surface area contributed by atoms with Gasteiger partial charge in [-0.1, -0.05) is 0 Å². The second kappa shape index (κ2) is 12.7. The number of nitrogens with one attached hydrogen (secondary N) is 3. The van der Waals surface area contributed by atoms with Gasteiger partial charge in [0.25, 0.3) is 0 Å². The predicted octanol–water partition coefficient (Wildman–Crippen LogP) is 3.02. The lowest BCUT2D eigenvalue weighted by atomic mass is 10.3. The van der Waals surface area contributed by atoms with E-state index in [0.717, 1.165) is 81.4 Å². The van der Waals surface area contributed by atoms with Crippen LogP contribution in [-0.2, 0) is 0 Å². The van der Waals surface area contributed by atoms with Gasteiger partial charge in [-0.05, 0) is 69.2 Å². The topological polar surface area (TPSA) is 80.8 Å². The third-order valence-electron chi connectivity index (χ3n) is 6.45. The number of thiocarbonyl (C=S) groups is 1. The van der Waals surface area contributed by atoms with Crippen molar-refractivity contribution in [2.45, 2.75) is 25.7 Å². The zero-order valence-corrected chi connectivity index (χ0v) is 21.7. The minimum absolute atomic E-state index is 0.617. The second-order valence-corrected chi connectivity index (χ2v) is 9.55. The quantitative estimate of drug-likeness (QED) is 0.402. The summed E-state index contributed by atoms with van der Waals surface area (Å²) in [6.45, 7) is 7.64. The normalized spacial score (nSPS) is 15.5. The van der Waals surface area contributed by atoms with Gasteiger partial charge in [0.05, 0.1) is 7.11 Å². The lowest BCUT2D eigenvalue weighted by Crippen LogP contribution is -2.36. The second-order valence-electron chi connectivity index (χ2n) is 9.14. The molecule has 0 saturated carbocycles. The number of rotatable bonds is 11. The van der Waals surface area contributed by atoms with E-state index >= 15 is 0 Å². The minimum atomic E-state index is 0.617. The van der Waals surface area contributed by atoms with Gasteiger partial charge in [-0.3, -0.25) is 0 Å². The Hall–Kier alpha value is -2.85. The molecule has 2 fully saturated rings. The van der Waals surface area contributed by atoms with E-state index in [1.165, 1.54) is 25.7 Å². The number of ether oxygens (including phenoxy) is 1. The number of hydrogen-bond acceptors (Lipinski definition) is 8. The third kappa shape index (κ3) is 7.57. The molecule has 35 heavy (non-hydrogen) atoms. The van der Waals surface area contributed by atoms with Crippen molar-refractivity contribution in [3.05, 3.63) is 30.3 Å². The van der Waals surface area contributed by atoms with Gasteiger partial charge in [-0.15, -0.1) is 0 Å². The highest BCUT2D eigenvalue weighted by Crippen LogP contribution is 2.25. The van der Waals surface area contributed by atoms with Crippen molar-refractivity contribution < 1.29 is 4.74 Å². The Labute approximate surface area is 214 Å². The molecule has 0 radical (unpaired) electrons. The van der Waals surface area contributed by atoms with Crippen LogP contribution >= 0.6 is 12.2 Å². The maximum atomic E-state index is 5.41. The zero-order valence-electron chi connectivity index (χ0n) is 20.9. The van der Waals surface area contributed by atoms with Gasteiger partial charge in [0.1, 0.15) is 17.4 Å². The molecular weight excluding hydrogens is 460 g/mol. The van der Waals surface area contributed by atoms with Crippen molar-refractivity contribution in [2.24, 2.45) is 0 Å². The molecule has 2 aromatic rings. The van der Waals surface area contributed by atoms with E-state index in [0.29, 0.717) is 5.11 Å². The van der Waals surface area contributed by atoms with Crippen LogP contribution in [0, 0.1) is 0 Å². The van der Waals surface area contributed by atoms with Crippen LogP contribution in [0.15, 0.2) is 30.3 Å². The number of anilines is 4. The lowest BCUT2D eigenvalue weighted by Gasteiger charge is -2.22. The van der Waals surface area contributed by atoms with Gasteiger partial charge in [-0.25, -0.2) is 0 Å². The van der Waals surface area contributed by atoms with E-state index < -0.39 is 0 Å². The fourth-order valence-electron chi connectivity index (χ4n) is 4.38. The molecule has 0 amide bonds. The summed E-state index contributed by atoms with van der Waals surface area (Å²) < 4.78 is 5.19. The van der Waals surface area contributed by atoms with E-state index in [9.17, 15) is 0 Å². The number of likely N-dealkylation sites (N-methyl/N-ethyl adjacent to an activating group) is 1. The molecule has 1 aromatic heterocycles. The number of methoxy groups -OCH3 is 1. The van der Waals surface area contributed by atoms with Crippen LogP contribution in [0.4, 0.5) is 23.3 Å². The molecule has 10 heteroatoms. The highest BCUT2D eigenvalue weighted by molar-refractivity contribution is 7.80. The SMILES string of the molecule is COc1ccc(NC(=S)NCCN(C)CCNc2cc(N3CCCC3)nc(N3CCCC3)n2)cc1. The Morgan fingerprint density at radius 1 is 0.971 bits per heavy atom. The van der Waals surface area contributed by atoms with Crippen LogP contribution in [0.1, 0.15) is 25.7 Å². The van der Waals surface area contributed by atoms with Crippen molar-refractivity contribution >= 4 is 40.6 Å². The molecule has 0 unspecified atom stereocenters. The molecule has 0 atom stereocenters. The number of aromatic nitrogens is 2. The standard InChI is InChI=1S/C25H38N8OS/c1-31(18-12-27-25(35)28-20-7-9-21(34-2)10-8-20)17-11-26-22-19-23(32-13-3-4-14-32)30-24(29-22)33-15-5-6-16-33/h7-10,19H,3-6,11-18H2,1-2H3,(H,26,29,30)(H2,27,28,35). The fourth-order valence-corrected chi connectivity index (χ4v) is 4.60. The van der Waals surface area contributed by atoms with Crippen LogP contribution in [0.3, 0.4) is 0 Å². The number of nitrogens with zero attached hydrogens (tertiary/aromatic N) is 5. The molecule has 190 valence electrons. The van der Waals surface area contributed by atoms with Crippen molar-refractivity contribution in [2.75, 3.05) is 86.9 Å². The Morgan fingerprint density at radius 3 is 2.31 bits per heavy atom. The molecule has 2 saturated heterocycles. The molecule has 2 aliphatic heterocycles. The van der Waals surface area contributed by atoms with Gasteiger partial charge in [0.2, 0.25) is 5.95 Å². The van der Waals surface area contributed by atoms with Crippen molar-refractivity contribution in [3.63, 3.8) is 0 Å². The van der Waals surface area contributed by atoms with Crippen LogP contribution in [0.2, 0.25) is 0 Å². The molecule has 0 bridgehead atoms. The Balaban J connectivity index is 1.20. The summed E-state index contributed by atoms with van der Waals surface area (Å²) in [7, 11) is 3.78. The van der Waals surface area contributed by atoms with Gasteiger partial charge < -0.3 is 35.4 Å². The Bertz CT molecular complexity index is 911. The van der Waals surface area contributed by atoms with Gasteiger partial charge in [0, 0.05) is 64.1 Å². The van der Waals surface area contributed by atoms with Crippen LogP contribution in [0.5, 0.6) is 5.75 Å². The lowest BCUT2D eigenvalue weighted by molar-refractivity contribution is 0.352. The van der Waals surface area contributed by atoms with E-state index in [1.807, 2.05) is 24.3 Å². The van der Waals surface area contributed by atoms with Gasteiger partial charge in [0.15, 0.2) is 5.11 Å². The molecule has 1 aromatic carbocycles. The van der Waals surface area contributed by atoms with Crippen molar-refractivity contribution in [3.8, 4) is 5.75 Å². The number of benzene rings is 1. The smallest absolute Gasteiger partial charge is 0.229 e. The first-order chi connectivity index (χ1) is 17.1. The minimum Gasteiger partial charge on any atom is -0.497 e. The molecule has 4 rings (SSSR count).